The van der Waals surface area contributed by atoms with Gasteiger partial charge in [-0.05, 0) is 31.7 Å². The molecule has 1 saturated carbocycles. The Hall–Kier alpha value is -1.74. The summed E-state index contributed by atoms with van der Waals surface area (Å²) in [7, 11) is 0. The Labute approximate surface area is 180 Å². The molecule has 1 aliphatic rings. The minimum atomic E-state index is -0.380. The number of aromatic nitrogens is 5. The van der Waals surface area contributed by atoms with Gasteiger partial charge in [0, 0.05) is 18.9 Å². The molecule has 3 aromatic rings. The predicted molar refractivity (Wildman–Crippen MR) is 108 cm³/mol. The molecule has 0 saturated heterocycles. The van der Waals surface area contributed by atoms with E-state index in [1.54, 1.807) is 23.4 Å². The number of nitrogens with zero attached hydrogens (tertiary/aromatic N) is 6. The van der Waals surface area contributed by atoms with Gasteiger partial charge in [0.1, 0.15) is 15.5 Å². The van der Waals surface area contributed by atoms with Crippen LogP contribution in [0.1, 0.15) is 41.3 Å². The first-order valence-corrected chi connectivity index (χ1v) is 10.5. The van der Waals surface area contributed by atoms with E-state index in [9.17, 15) is 4.79 Å². The molecule has 28 heavy (non-hydrogen) atoms. The summed E-state index contributed by atoms with van der Waals surface area (Å²) in [6, 6.07) is 1.34. The number of amides is 1. The van der Waals surface area contributed by atoms with Crippen molar-refractivity contribution in [3.05, 3.63) is 49.9 Å². The van der Waals surface area contributed by atoms with Crippen molar-refractivity contribution in [2.45, 2.75) is 25.8 Å². The average molecular weight is 458 g/mol. The lowest BCUT2D eigenvalue weighted by atomic mass is 10.2. The maximum Gasteiger partial charge on any atom is 0.266 e. The highest BCUT2D eigenvalue weighted by atomic mass is 35.5. The molecule has 0 N–H and O–H groups in total. The number of hydrogen-bond donors (Lipinski definition) is 0. The molecule has 0 aromatic carbocycles. The molecule has 1 unspecified atom stereocenters. The van der Waals surface area contributed by atoms with Gasteiger partial charge in [-0.2, -0.15) is 9.78 Å². The van der Waals surface area contributed by atoms with E-state index in [1.807, 2.05) is 6.92 Å². The molecule has 0 radical (unpaired) electrons. The lowest BCUT2D eigenvalue weighted by Gasteiger charge is -2.28. The van der Waals surface area contributed by atoms with Crippen LogP contribution in [0.2, 0.25) is 14.4 Å². The molecular formula is C17H15Cl3N6OS. The van der Waals surface area contributed by atoms with Gasteiger partial charge in [0.2, 0.25) is 0 Å². The summed E-state index contributed by atoms with van der Waals surface area (Å²) in [6.07, 6.45) is 6.85. The van der Waals surface area contributed by atoms with Crippen molar-refractivity contribution in [3.63, 3.8) is 0 Å². The molecule has 1 atom stereocenters. The highest BCUT2D eigenvalue weighted by Crippen LogP contribution is 2.42. The van der Waals surface area contributed by atoms with Gasteiger partial charge in [0.15, 0.2) is 5.82 Å². The van der Waals surface area contributed by atoms with E-state index < -0.39 is 0 Å². The number of thiophene rings is 1. The van der Waals surface area contributed by atoms with Crippen LogP contribution >= 0.6 is 46.1 Å². The fourth-order valence-corrected chi connectivity index (χ4v) is 4.61. The Kier molecular flexibility index (Phi) is 5.55. The quantitative estimate of drug-likeness (QED) is 0.536. The molecule has 11 heteroatoms. The van der Waals surface area contributed by atoms with Crippen LogP contribution in [0.15, 0.2) is 24.8 Å². The molecule has 3 heterocycles. The monoisotopic (exact) mass is 456 g/mol. The Morgan fingerprint density at radius 3 is 2.57 bits per heavy atom. The molecule has 4 rings (SSSR count). The van der Waals surface area contributed by atoms with Crippen LogP contribution in [0.5, 0.6) is 0 Å². The summed E-state index contributed by atoms with van der Waals surface area (Å²) in [5, 5.41) is 4.62. The fraction of sp³-hybridized carbons (Fsp3) is 0.353. The van der Waals surface area contributed by atoms with Crippen LogP contribution in [0, 0.1) is 5.92 Å². The van der Waals surface area contributed by atoms with E-state index in [4.69, 9.17) is 34.8 Å². The number of carbonyl (C=O) groups is 1. The second-order valence-electron chi connectivity index (χ2n) is 6.49. The largest absolute Gasteiger partial charge is 0.328 e. The van der Waals surface area contributed by atoms with Gasteiger partial charge < -0.3 is 4.90 Å². The fourth-order valence-electron chi connectivity index (χ4n) is 2.86. The molecule has 0 aliphatic heterocycles. The summed E-state index contributed by atoms with van der Waals surface area (Å²) in [5.74, 6) is 1.18. The predicted octanol–water partition coefficient (Wildman–Crippen LogP) is 4.69. The molecule has 3 aromatic heterocycles. The van der Waals surface area contributed by atoms with E-state index in [2.05, 4.69) is 20.1 Å². The molecule has 7 nitrogen and oxygen atoms in total. The first kappa shape index (κ1) is 19.6. The van der Waals surface area contributed by atoms with Gasteiger partial charge in [-0.15, -0.1) is 11.3 Å². The SMILES string of the molecule is CC(c1ncnn1-c1ncccn1)N(CC1CC1)C(=O)c1sc(Cl)c(Cl)c1Cl. The smallest absolute Gasteiger partial charge is 0.266 e. The third-order valence-corrected chi connectivity index (χ3v) is 7.08. The standard InChI is InChI=1S/C17H15Cl3N6OS/c1-9(15-23-8-24-26(15)17-21-5-2-6-22-17)25(7-10-3-4-10)16(27)13-11(18)12(19)14(20)28-13/h2,5-6,8-10H,3-4,7H2,1H3. The van der Waals surface area contributed by atoms with Crippen molar-refractivity contribution in [1.82, 2.24) is 29.6 Å². The highest BCUT2D eigenvalue weighted by molar-refractivity contribution is 7.19. The summed E-state index contributed by atoms with van der Waals surface area (Å²) in [6.45, 7) is 2.49. The topological polar surface area (TPSA) is 76.8 Å². The van der Waals surface area contributed by atoms with Gasteiger partial charge in [-0.3, -0.25) is 4.79 Å². The summed E-state index contributed by atoms with van der Waals surface area (Å²) in [4.78, 5) is 28.2. The van der Waals surface area contributed by atoms with E-state index in [-0.39, 0.29) is 22.0 Å². The molecule has 0 bridgehead atoms. The number of rotatable bonds is 6. The Balaban J connectivity index is 1.69. The second kappa shape index (κ2) is 7.94. The van der Waals surface area contributed by atoms with Gasteiger partial charge in [0.25, 0.3) is 11.9 Å². The first-order chi connectivity index (χ1) is 13.5. The molecule has 1 amide bonds. The first-order valence-electron chi connectivity index (χ1n) is 8.59. The second-order valence-corrected chi connectivity index (χ2v) is 8.87. The summed E-state index contributed by atoms with van der Waals surface area (Å²) >= 11 is 19.5. The Morgan fingerprint density at radius 2 is 1.96 bits per heavy atom. The Morgan fingerprint density at radius 1 is 1.25 bits per heavy atom. The molecule has 0 spiro atoms. The number of carbonyl (C=O) groups excluding carboxylic acids is 1. The van der Waals surface area contributed by atoms with Gasteiger partial charge >= 0.3 is 0 Å². The maximum atomic E-state index is 13.3. The van der Waals surface area contributed by atoms with Crippen molar-refractivity contribution in [1.29, 1.82) is 0 Å². The zero-order chi connectivity index (χ0) is 19.8. The van der Waals surface area contributed by atoms with Crippen LogP contribution in [-0.4, -0.2) is 42.1 Å². The normalized spacial score (nSPS) is 14.9. The number of halogens is 3. The molecule has 1 fully saturated rings. The zero-order valence-electron chi connectivity index (χ0n) is 14.7. The summed E-state index contributed by atoms with van der Waals surface area (Å²) in [5.41, 5.74) is 0. The van der Waals surface area contributed by atoms with E-state index in [0.29, 0.717) is 33.4 Å². The summed E-state index contributed by atoms with van der Waals surface area (Å²) < 4.78 is 1.84. The lowest BCUT2D eigenvalue weighted by molar-refractivity contribution is 0.0676. The van der Waals surface area contributed by atoms with E-state index >= 15 is 0 Å². The average Bonchev–Trinajstić information content (AvgIpc) is 3.33. The van der Waals surface area contributed by atoms with E-state index in [0.717, 1.165) is 24.2 Å². The van der Waals surface area contributed by atoms with Crippen LogP contribution in [-0.2, 0) is 0 Å². The zero-order valence-corrected chi connectivity index (χ0v) is 17.8. The lowest BCUT2D eigenvalue weighted by Crippen LogP contribution is -2.36. The molecule has 1 aliphatic carbocycles. The van der Waals surface area contributed by atoms with Crippen LogP contribution < -0.4 is 0 Å². The Bertz CT molecular complexity index is 1000. The van der Waals surface area contributed by atoms with Crippen molar-refractivity contribution in [2.75, 3.05) is 6.54 Å². The van der Waals surface area contributed by atoms with E-state index in [1.165, 1.54) is 11.0 Å². The molecular weight excluding hydrogens is 443 g/mol. The van der Waals surface area contributed by atoms with Gasteiger partial charge in [-0.25, -0.2) is 15.0 Å². The van der Waals surface area contributed by atoms with Crippen LogP contribution in [0.3, 0.4) is 0 Å². The number of hydrogen-bond acceptors (Lipinski definition) is 6. The third kappa shape index (κ3) is 3.74. The van der Waals surface area contributed by atoms with Crippen molar-refractivity contribution < 1.29 is 4.79 Å². The van der Waals surface area contributed by atoms with Crippen molar-refractivity contribution in [2.24, 2.45) is 5.92 Å². The minimum Gasteiger partial charge on any atom is -0.328 e. The van der Waals surface area contributed by atoms with Gasteiger partial charge in [-0.1, -0.05) is 34.8 Å². The van der Waals surface area contributed by atoms with Crippen molar-refractivity contribution in [3.8, 4) is 5.95 Å². The maximum absolute atomic E-state index is 13.3. The van der Waals surface area contributed by atoms with Crippen molar-refractivity contribution >= 4 is 52.0 Å². The van der Waals surface area contributed by atoms with Crippen LogP contribution in [0.4, 0.5) is 0 Å². The molecule has 146 valence electrons. The third-order valence-electron chi connectivity index (χ3n) is 4.52. The highest BCUT2D eigenvalue weighted by Gasteiger charge is 2.35. The minimum absolute atomic E-state index is 0.183. The van der Waals surface area contributed by atoms with Gasteiger partial charge in [0.05, 0.1) is 16.1 Å². The van der Waals surface area contributed by atoms with Crippen LogP contribution in [0.25, 0.3) is 5.95 Å².